The van der Waals surface area contributed by atoms with E-state index in [2.05, 4.69) is 10.4 Å². The zero-order valence-corrected chi connectivity index (χ0v) is 10.9. The van der Waals surface area contributed by atoms with E-state index in [1.165, 1.54) is 0 Å². The van der Waals surface area contributed by atoms with Crippen molar-refractivity contribution in [2.45, 2.75) is 13.5 Å². The Balaban J connectivity index is 2.13. The van der Waals surface area contributed by atoms with Crippen LogP contribution in [-0.4, -0.2) is 16.9 Å². The Morgan fingerprint density at radius 2 is 2.17 bits per heavy atom. The van der Waals surface area contributed by atoms with E-state index in [1.54, 1.807) is 7.11 Å². The summed E-state index contributed by atoms with van der Waals surface area (Å²) in [5, 5.41) is 7.61. The van der Waals surface area contributed by atoms with Gasteiger partial charge in [0.05, 0.1) is 12.8 Å². The molecule has 1 aromatic heterocycles. The first-order chi connectivity index (χ1) is 8.60. The molecule has 5 heteroatoms. The maximum absolute atomic E-state index is 5.72. The number of hydrogen-bond donors (Lipinski definition) is 2. The smallest absolute Gasteiger partial charge is 0.125 e. The Hall–Kier alpha value is -2.17. The molecule has 0 radical (unpaired) electrons. The van der Waals surface area contributed by atoms with E-state index in [4.69, 9.17) is 10.5 Å². The van der Waals surface area contributed by atoms with Gasteiger partial charge in [0.25, 0.3) is 0 Å². The van der Waals surface area contributed by atoms with Crippen LogP contribution in [0.25, 0.3) is 0 Å². The molecule has 0 aliphatic heterocycles. The average molecular weight is 246 g/mol. The number of benzene rings is 1. The van der Waals surface area contributed by atoms with Gasteiger partial charge in [-0.15, -0.1) is 0 Å². The summed E-state index contributed by atoms with van der Waals surface area (Å²) in [5.41, 5.74) is 8.47. The third-order valence-corrected chi connectivity index (χ3v) is 2.77. The number of nitrogens with one attached hydrogen (secondary N) is 1. The van der Waals surface area contributed by atoms with E-state index in [-0.39, 0.29) is 0 Å². The molecule has 0 spiro atoms. The lowest BCUT2D eigenvalue weighted by Gasteiger charge is -2.11. The fraction of sp³-hybridized carbons (Fsp3) is 0.308. The first-order valence-electron chi connectivity index (χ1n) is 5.77. The van der Waals surface area contributed by atoms with Crippen molar-refractivity contribution in [3.63, 3.8) is 0 Å². The SMILES string of the molecule is COc1cc(N)ccc1CNc1cc(C)nn1C. The van der Waals surface area contributed by atoms with Crippen LogP contribution in [0.2, 0.25) is 0 Å². The fourth-order valence-corrected chi connectivity index (χ4v) is 1.87. The standard InChI is InChI=1S/C13H18N4O/c1-9-6-13(17(2)16-9)15-8-10-4-5-11(14)7-12(10)18-3/h4-7,15H,8,14H2,1-3H3. The number of aryl methyl sites for hydroxylation is 2. The number of anilines is 2. The van der Waals surface area contributed by atoms with Crippen LogP contribution in [0.15, 0.2) is 24.3 Å². The van der Waals surface area contributed by atoms with E-state index in [9.17, 15) is 0 Å². The number of nitrogens with two attached hydrogens (primary N) is 1. The number of ether oxygens (including phenoxy) is 1. The quantitative estimate of drug-likeness (QED) is 0.809. The molecule has 18 heavy (non-hydrogen) atoms. The highest BCUT2D eigenvalue weighted by Crippen LogP contribution is 2.22. The van der Waals surface area contributed by atoms with Crippen molar-refractivity contribution in [3.05, 3.63) is 35.5 Å². The van der Waals surface area contributed by atoms with Crippen molar-refractivity contribution < 1.29 is 4.74 Å². The summed E-state index contributed by atoms with van der Waals surface area (Å²) < 4.78 is 7.13. The van der Waals surface area contributed by atoms with Crippen molar-refractivity contribution in [2.75, 3.05) is 18.2 Å². The molecule has 3 N–H and O–H groups in total. The van der Waals surface area contributed by atoms with Crippen LogP contribution in [0.4, 0.5) is 11.5 Å². The minimum absolute atomic E-state index is 0.669. The lowest BCUT2D eigenvalue weighted by Crippen LogP contribution is -2.06. The van der Waals surface area contributed by atoms with Gasteiger partial charge in [0.2, 0.25) is 0 Å². The summed E-state index contributed by atoms with van der Waals surface area (Å²) in [6.45, 7) is 2.64. The molecule has 0 aliphatic rings. The van der Waals surface area contributed by atoms with Gasteiger partial charge in [-0.2, -0.15) is 5.10 Å². The third-order valence-electron chi connectivity index (χ3n) is 2.77. The van der Waals surface area contributed by atoms with Crippen LogP contribution >= 0.6 is 0 Å². The number of aromatic nitrogens is 2. The summed E-state index contributed by atoms with van der Waals surface area (Å²) in [6.07, 6.45) is 0. The van der Waals surface area contributed by atoms with E-state index >= 15 is 0 Å². The first-order valence-corrected chi connectivity index (χ1v) is 5.77. The largest absolute Gasteiger partial charge is 0.496 e. The molecule has 0 unspecified atom stereocenters. The molecule has 2 rings (SSSR count). The predicted octanol–water partition coefficient (Wildman–Crippen LogP) is 1.93. The number of nitrogen functional groups attached to an aromatic ring is 1. The van der Waals surface area contributed by atoms with Gasteiger partial charge in [0, 0.05) is 37.0 Å². The van der Waals surface area contributed by atoms with Crippen LogP contribution in [0.5, 0.6) is 5.75 Å². The van der Waals surface area contributed by atoms with Gasteiger partial charge in [0.15, 0.2) is 0 Å². The lowest BCUT2D eigenvalue weighted by atomic mass is 10.2. The second-order valence-corrected chi connectivity index (χ2v) is 4.22. The van der Waals surface area contributed by atoms with Gasteiger partial charge < -0.3 is 15.8 Å². The molecule has 5 nitrogen and oxygen atoms in total. The first kappa shape index (κ1) is 12.3. The summed E-state index contributed by atoms with van der Waals surface area (Å²) >= 11 is 0. The zero-order chi connectivity index (χ0) is 13.1. The summed E-state index contributed by atoms with van der Waals surface area (Å²) in [4.78, 5) is 0. The summed E-state index contributed by atoms with van der Waals surface area (Å²) in [6, 6.07) is 7.66. The molecule has 0 bridgehead atoms. The van der Waals surface area contributed by atoms with Gasteiger partial charge in [-0.25, -0.2) is 0 Å². The molecular formula is C13H18N4O. The number of hydrogen-bond acceptors (Lipinski definition) is 4. The maximum Gasteiger partial charge on any atom is 0.125 e. The Kier molecular flexibility index (Phi) is 3.41. The number of methoxy groups -OCH3 is 1. The average Bonchev–Trinajstić information content (AvgIpc) is 2.66. The highest BCUT2D eigenvalue weighted by Gasteiger charge is 2.05. The number of rotatable bonds is 4. The Labute approximate surface area is 107 Å². The molecule has 0 aliphatic carbocycles. The van der Waals surface area contributed by atoms with E-state index < -0.39 is 0 Å². The Morgan fingerprint density at radius 1 is 1.39 bits per heavy atom. The lowest BCUT2D eigenvalue weighted by molar-refractivity contribution is 0.410. The van der Waals surface area contributed by atoms with Gasteiger partial charge in [-0.3, -0.25) is 4.68 Å². The molecule has 96 valence electrons. The third kappa shape index (κ3) is 2.56. The number of nitrogens with zero attached hydrogens (tertiary/aromatic N) is 2. The van der Waals surface area contributed by atoms with Crippen molar-refractivity contribution >= 4 is 11.5 Å². The molecule has 0 saturated heterocycles. The van der Waals surface area contributed by atoms with E-state index in [0.717, 1.165) is 22.8 Å². The monoisotopic (exact) mass is 246 g/mol. The van der Waals surface area contributed by atoms with Gasteiger partial charge >= 0.3 is 0 Å². The highest BCUT2D eigenvalue weighted by atomic mass is 16.5. The van der Waals surface area contributed by atoms with Gasteiger partial charge in [0.1, 0.15) is 11.6 Å². The van der Waals surface area contributed by atoms with Crippen molar-refractivity contribution in [2.24, 2.45) is 7.05 Å². The van der Waals surface area contributed by atoms with Crippen LogP contribution in [0, 0.1) is 6.92 Å². The molecule has 0 atom stereocenters. The van der Waals surface area contributed by atoms with Crippen molar-refractivity contribution in [1.82, 2.24) is 9.78 Å². The van der Waals surface area contributed by atoms with Crippen LogP contribution in [-0.2, 0) is 13.6 Å². The molecule has 0 saturated carbocycles. The predicted molar refractivity (Wildman–Crippen MR) is 72.7 cm³/mol. The van der Waals surface area contributed by atoms with E-state index in [1.807, 2.05) is 42.9 Å². The van der Waals surface area contributed by atoms with Crippen molar-refractivity contribution in [1.29, 1.82) is 0 Å². The summed E-state index contributed by atoms with van der Waals surface area (Å²) in [5.74, 6) is 1.77. The Morgan fingerprint density at radius 3 is 2.78 bits per heavy atom. The Bertz CT molecular complexity index is 548. The second-order valence-electron chi connectivity index (χ2n) is 4.22. The molecule has 0 fully saturated rings. The van der Waals surface area contributed by atoms with Crippen LogP contribution in [0.3, 0.4) is 0 Å². The summed E-state index contributed by atoms with van der Waals surface area (Å²) in [7, 11) is 3.56. The normalized spacial score (nSPS) is 10.4. The van der Waals surface area contributed by atoms with Crippen LogP contribution < -0.4 is 15.8 Å². The molecule has 1 aromatic carbocycles. The molecule has 0 amide bonds. The minimum atomic E-state index is 0.669. The zero-order valence-electron chi connectivity index (χ0n) is 10.9. The second kappa shape index (κ2) is 5.00. The minimum Gasteiger partial charge on any atom is -0.496 e. The highest BCUT2D eigenvalue weighted by molar-refractivity contribution is 5.50. The fourth-order valence-electron chi connectivity index (χ4n) is 1.87. The molecule has 1 heterocycles. The van der Waals surface area contributed by atoms with Gasteiger partial charge in [-0.05, 0) is 13.0 Å². The maximum atomic E-state index is 5.72. The molecular weight excluding hydrogens is 228 g/mol. The van der Waals surface area contributed by atoms with E-state index in [0.29, 0.717) is 12.2 Å². The van der Waals surface area contributed by atoms with Crippen LogP contribution in [0.1, 0.15) is 11.3 Å². The van der Waals surface area contributed by atoms with Crippen molar-refractivity contribution in [3.8, 4) is 5.75 Å². The van der Waals surface area contributed by atoms with Gasteiger partial charge in [-0.1, -0.05) is 6.07 Å². The molecule has 2 aromatic rings. The topological polar surface area (TPSA) is 65.1 Å².